The number of aliphatic imine (C=N–C) groups is 1. The molecule has 0 unspecified atom stereocenters. The van der Waals surface area contributed by atoms with Crippen molar-refractivity contribution in [3.63, 3.8) is 0 Å². The van der Waals surface area contributed by atoms with Crippen molar-refractivity contribution >= 4 is 29.7 Å². The van der Waals surface area contributed by atoms with Gasteiger partial charge in [0.2, 0.25) is 17.7 Å². The molecule has 0 radical (unpaired) electrons. The third-order valence-corrected chi connectivity index (χ3v) is 5.06. The number of carboxylic acids is 1. The van der Waals surface area contributed by atoms with Gasteiger partial charge >= 0.3 is 5.97 Å². The summed E-state index contributed by atoms with van der Waals surface area (Å²) in [7, 11) is 0. The number of nitrogens with one attached hydrogen (secondary N) is 3. The van der Waals surface area contributed by atoms with E-state index in [0.29, 0.717) is 18.4 Å². The highest BCUT2D eigenvalue weighted by atomic mass is 16.4. The Kier molecular flexibility index (Phi) is 12.7. The summed E-state index contributed by atoms with van der Waals surface area (Å²) in [6.07, 6.45) is 0.934. The maximum Gasteiger partial charge on any atom is 0.322 e. The van der Waals surface area contributed by atoms with Gasteiger partial charge in [-0.05, 0) is 42.9 Å². The van der Waals surface area contributed by atoms with Crippen LogP contribution in [0.2, 0.25) is 0 Å². The van der Waals surface area contributed by atoms with E-state index in [1.54, 1.807) is 12.1 Å². The van der Waals surface area contributed by atoms with Crippen molar-refractivity contribution in [3.05, 3.63) is 29.8 Å². The highest BCUT2D eigenvalue weighted by Gasteiger charge is 2.28. The molecule has 0 aliphatic heterocycles. The van der Waals surface area contributed by atoms with Crippen molar-refractivity contribution < 1.29 is 29.4 Å². The molecule has 0 saturated carbocycles. The second-order valence-corrected chi connectivity index (χ2v) is 8.79. The molecule has 0 aliphatic carbocycles. The Hall–Kier alpha value is -3.87. The number of aliphatic carboxylic acids is 1. The molecule has 13 heteroatoms. The maximum atomic E-state index is 13.2. The van der Waals surface area contributed by atoms with Crippen LogP contribution in [-0.4, -0.2) is 71.1 Å². The number of hydrogen-bond acceptors (Lipinski definition) is 7. The van der Waals surface area contributed by atoms with Gasteiger partial charge in [0.1, 0.15) is 24.4 Å². The van der Waals surface area contributed by atoms with E-state index >= 15 is 0 Å². The molecule has 3 atom stereocenters. The summed E-state index contributed by atoms with van der Waals surface area (Å²) < 4.78 is 0. The second kappa shape index (κ2) is 15.2. The van der Waals surface area contributed by atoms with Gasteiger partial charge in [-0.15, -0.1) is 0 Å². The smallest absolute Gasteiger partial charge is 0.322 e. The molecule has 0 bridgehead atoms. The van der Waals surface area contributed by atoms with E-state index in [2.05, 4.69) is 20.9 Å². The van der Waals surface area contributed by atoms with E-state index < -0.39 is 48.4 Å². The second-order valence-electron chi connectivity index (χ2n) is 8.79. The van der Waals surface area contributed by atoms with Crippen LogP contribution in [0.15, 0.2) is 29.3 Å². The molecule has 0 heterocycles. The Morgan fingerprint density at radius 3 is 2.14 bits per heavy atom. The zero-order chi connectivity index (χ0) is 27.3. The Balaban J connectivity index is 3.05. The average molecular weight is 508 g/mol. The van der Waals surface area contributed by atoms with Crippen molar-refractivity contribution in [1.82, 2.24) is 16.0 Å². The molecule has 11 N–H and O–H groups in total. The lowest BCUT2D eigenvalue weighted by molar-refractivity contribution is -0.138. The lowest BCUT2D eigenvalue weighted by atomic mass is 10.0. The molecule has 0 spiro atoms. The van der Waals surface area contributed by atoms with E-state index in [-0.39, 0.29) is 37.0 Å². The number of phenols is 1. The Morgan fingerprint density at radius 2 is 1.58 bits per heavy atom. The summed E-state index contributed by atoms with van der Waals surface area (Å²) in [5, 5.41) is 25.9. The number of guanidine groups is 1. The van der Waals surface area contributed by atoms with Crippen LogP contribution in [0.3, 0.4) is 0 Å². The molecule has 0 aliphatic rings. The van der Waals surface area contributed by atoms with Gasteiger partial charge < -0.3 is 43.4 Å². The van der Waals surface area contributed by atoms with Gasteiger partial charge in [-0.3, -0.25) is 24.2 Å². The fourth-order valence-corrected chi connectivity index (χ4v) is 3.30. The number of amides is 3. The number of rotatable bonds is 15. The van der Waals surface area contributed by atoms with E-state index in [4.69, 9.17) is 22.3 Å². The molecule has 1 rings (SSSR count). The van der Waals surface area contributed by atoms with Gasteiger partial charge in [0, 0.05) is 13.0 Å². The Bertz CT molecular complexity index is 916. The molecule has 200 valence electrons. The third kappa shape index (κ3) is 12.0. The monoisotopic (exact) mass is 507 g/mol. The van der Waals surface area contributed by atoms with Crippen LogP contribution in [0.5, 0.6) is 5.75 Å². The minimum absolute atomic E-state index is 0.0129. The lowest BCUT2D eigenvalue weighted by Gasteiger charge is -2.24. The molecule has 1 aromatic rings. The van der Waals surface area contributed by atoms with E-state index in [0.717, 1.165) is 0 Å². The summed E-state index contributed by atoms with van der Waals surface area (Å²) in [4.78, 5) is 53.2. The van der Waals surface area contributed by atoms with Crippen molar-refractivity contribution in [2.45, 2.75) is 57.7 Å². The largest absolute Gasteiger partial charge is 0.508 e. The summed E-state index contributed by atoms with van der Waals surface area (Å²) in [6, 6.07) is 2.96. The highest BCUT2D eigenvalue weighted by molar-refractivity contribution is 5.93. The first kappa shape index (κ1) is 30.2. The van der Waals surface area contributed by atoms with E-state index in [9.17, 15) is 24.3 Å². The molecular formula is C23H37N7O6. The van der Waals surface area contributed by atoms with Crippen LogP contribution in [0.4, 0.5) is 0 Å². The number of phenolic OH excluding ortho intramolecular Hbond substituents is 1. The third-order valence-electron chi connectivity index (χ3n) is 5.06. The van der Waals surface area contributed by atoms with E-state index in [1.165, 1.54) is 12.1 Å². The highest BCUT2D eigenvalue weighted by Crippen LogP contribution is 2.12. The maximum absolute atomic E-state index is 13.2. The number of benzene rings is 1. The predicted octanol–water partition coefficient (Wildman–Crippen LogP) is -1.47. The van der Waals surface area contributed by atoms with Crippen LogP contribution in [-0.2, 0) is 25.6 Å². The Morgan fingerprint density at radius 1 is 0.972 bits per heavy atom. The van der Waals surface area contributed by atoms with Gasteiger partial charge in [-0.2, -0.15) is 0 Å². The fourth-order valence-electron chi connectivity index (χ4n) is 3.30. The molecule has 3 amide bonds. The number of carbonyl (C=O) groups is 4. The van der Waals surface area contributed by atoms with Gasteiger partial charge in [-0.25, -0.2) is 0 Å². The normalized spacial score (nSPS) is 13.2. The van der Waals surface area contributed by atoms with E-state index in [1.807, 2.05) is 13.8 Å². The number of nitrogens with two attached hydrogens (primary N) is 3. The standard InChI is InChI=1S/C23H37N7O6/c1-13(2)10-16(24)20(34)29-17(4-3-9-27-23(25)26)22(36)30-18(21(35)28-12-19(32)33)11-14-5-7-15(31)8-6-14/h5-8,13,16-18,31H,3-4,9-12,24H2,1-2H3,(H,28,35)(H,29,34)(H,30,36)(H,32,33)(H4,25,26,27)/t16-,17-,18-/m0/s1. The summed E-state index contributed by atoms with van der Waals surface area (Å²) in [5.41, 5.74) is 17.2. The molecule has 0 fully saturated rings. The van der Waals surface area contributed by atoms with Crippen LogP contribution in [0.1, 0.15) is 38.7 Å². The zero-order valence-corrected chi connectivity index (χ0v) is 20.6. The van der Waals surface area contributed by atoms with Gasteiger partial charge in [0.15, 0.2) is 5.96 Å². The quantitative estimate of drug-likeness (QED) is 0.0784. The average Bonchev–Trinajstić information content (AvgIpc) is 2.79. The molecule has 36 heavy (non-hydrogen) atoms. The van der Waals surface area contributed by atoms with Gasteiger partial charge in [0.05, 0.1) is 6.04 Å². The molecule has 13 nitrogen and oxygen atoms in total. The van der Waals surface area contributed by atoms with Crippen LogP contribution in [0.25, 0.3) is 0 Å². The number of carbonyl (C=O) groups excluding carboxylic acids is 3. The first-order valence-corrected chi connectivity index (χ1v) is 11.6. The zero-order valence-electron chi connectivity index (χ0n) is 20.6. The molecule has 1 aromatic carbocycles. The molecule has 0 saturated heterocycles. The minimum Gasteiger partial charge on any atom is -0.508 e. The first-order chi connectivity index (χ1) is 16.9. The fraction of sp³-hybridized carbons (Fsp3) is 0.522. The number of aromatic hydroxyl groups is 1. The van der Waals surface area contributed by atoms with Gasteiger partial charge in [0.25, 0.3) is 0 Å². The topological polar surface area (TPSA) is 235 Å². The van der Waals surface area contributed by atoms with Crippen molar-refractivity contribution in [1.29, 1.82) is 0 Å². The predicted molar refractivity (Wildman–Crippen MR) is 134 cm³/mol. The number of hydrogen-bond donors (Lipinski definition) is 8. The van der Waals surface area contributed by atoms with Gasteiger partial charge in [-0.1, -0.05) is 26.0 Å². The molecular weight excluding hydrogens is 470 g/mol. The van der Waals surface area contributed by atoms with Crippen LogP contribution >= 0.6 is 0 Å². The lowest BCUT2D eigenvalue weighted by Crippen LogP contribution is -2.56. The number of nitrogens with zero attached hydrogens (tertiary/aromatic N) is 1. The van der Waals surface area contributed by atoms with Crippen molar-refractivity contribution in [3.8, 4) is 5.75 Å². The first-order valence-electron chi connectivity index (χ1n) is 11.6. The number of carboxylic acid groups (broad SMARTS) is 1. The summed E-state index contributed by atoms with van der Waals surface area (Å²) in [5.74, 6) is -3.07. The van der Waals surface area contributed by atoms with Crippen molar-refractivity contribution in [2.24, 2.45) is 28.1 Å². The SMILES string of the molecule is CC(C)C[C@H](N)C(=O)N[C@@H](CCCN=C(N)N)C(=O)N[C@@H](Cc1ccc(O)cc1)C(=O)NCC(=O)O. The summed E-state index contributed by atoms with van der Waals surface area (Å²) >= 11 is 0. The van der Waals surface area contributed by atoms with Crippen LogP contribution in [0, 0.1) is 5.92 Å². The minimum atomic E-state index is -1.25. The summed E-state index contributed by atoms with van der Waals surface area (Å²) in [6.45, 7) is 3.41. The van der Waals surface area contributed by atoms with Crippen molar-refractivity contribution in [2.75, 3.05) is 13.1 Å². The Labute approximate surface area is 209 Å². The molecule has 0 aromatic heterocycles. The van der Waals surface area contributed by atoms with Crippen LogP contribution < -0.4 is 33.2 Å².